The van der Waals surface area contributed by atoms with Crippen LogP contribution in [0, 0.1) is 5.92 Å². The van der Waals surface area contributed by atoms with E-state index in [-0.39, 0.29) is 11.8 Å². The van der Waals surface area contributed by atoms with Crippen molar-refractivity contribution in [1.82, 2.24) is 9.55 Å². The summed E-state index contributed by atoms with van der Waals surface area (Å²) in [5.41, 5.74) is 3.81. The Morgan fingerprint density at radius 1 is 1.10 bits per heavy atom. The minimum absolute atomic E-state index is 0.156. The molecule has 2 amide bonds. The van der Waals surface area contributed by atoms with Gasteiger partial charge >= 0.3 is 0 Å². The molecule has 2 aliphatic heterocycles. The van der Waals surface area contributed by atoms with Gasteiger partial charge in [0.1, 0.15) is 11.7 Å². The van der Waals surface area contributed by atoms with Crippen LogP contribution in [-0.2, 0) is 22.6 Å². The van der Waals surface area contributed by atoms with Crippen molar-refractivity contribution in [1.29, 1.82) is 0 Å². The van der Waals surface area contributed by atoms with E-state index in [1.165, 1.54) is 18.5 Å². The molecule has 0 spiro atoms. The molecule has 158 valence electrons. The number of carbonyl (C=O) groups excluding carboxylic acids is 2. The summed E-state index contributed by atoms with van der Waals surface area (Å²) >= 11 is 3.43. The van der Waals surface area contributed by atoms with Crippen LogP contribution in [0.5, 0.6) is 0 Å². The highest BCUT2D eigenvalue weighted by Crippen LogP contribution is 2.29. The normalized spacial score (nSPS) is 18.2. The third kappa shape index (κ3) is 3.90. The van der Waals surface area contributed by atoms with E-state index in [1.54, 1.807) is 4.90 Å². The first-order valence-corrected chi connectivity index (χ1v) is 11.4. The molecule has 6 nitrogen and oxygen atoms in total. The zero-order chi connectivity index (χ0) is 21.4. The van der Waals surface area contributed by atoms with Crippen LogP contribution in [0.3, 0.4) is 0 Å². The average Bonchev–Trinajstić information content (AvgIpc) is 3.38. The summed E-state index contributed by atoms with van der Waals surface area (Å²) in [6.45, 7) is 1.54. The van der Waals surface area contributed by atoms with Gasteiger partial charge in [-0.05, 0) is 68.1 Å². The molecule has 2 aliphatic rings. The predicted molar refractivity (Wildman–Crippen MR) is 124 cm³/mol. The van der Waals surface area contributed by atoms with Crippen LogP contribution in [0.1, 0.15) is 25.0 Å². The Morgan fingerprint density at radius 3 is 2.74 bits per heavy atom. The van der Waals surface area contributed by atoms with E-state index < -0.39 is 5.92 Å². The smallest absolute Gasteiger partial charge is 0.239 e. The quantitative estimate of drug-likeness (QED) is 0.555. The molecule has 1 saturated heterocycles. The molecule has 0 radical (unpaired) electrons. The number of hydrogen-bond donors (Lipinski definition) is 1. The van der Waals surface area contributed by atoms with Crippen molar-refractivity contribution in [3.05, 3.63) is 64.9 Å². The lowest BCUT2D eigenvalue weighted by Gasteiger charge is -2.17. The minimum atomic E-state index is -0.669. The summed E-state index contributed by atoms with van der Waals surface area (Å²) in [6.07, 6.45) is 5.95. The van der Waals surface area contributed by atoms with Gasteiger partial charge in [0, 0.05) is 46.4 Å². The molecular formula is C24H23BrN4O2. The molecule has 7 heteroatoms. The number of hydrogen-bond acceptors (Lipinski definition) is 3. The average molecular weight is 479 g/mol. The fraction of sp³-hybridized carbons (Fsp3) is 0.292. The van der Waals surface area contributed by atoms with Crippen molar-refractivity contribution < 1.29 is 9.59 Å². The third-order valence-corrected chi connectivity index (χ3v) is 6.55. The number of nitrogens with one attached hydrogen (secondary N) is 1. The Hall–Kier alpha value is -2.93. The zero-order valence-electron chi connectivity index (χ0n) is 17.1. The van der Waals surface area contributed by atoms with Gasteiger partial charge in [0.15, 0.2) is 0 Å². The van der Waals surface area contributed by atoms with E-state index in [1.807, 2.05) is 54.7 Å². The van der Waals surface area contributed by atoms with Gasteiger partial charge in [0.05, 0.1) is 0 Å². The number of benzene rings is 2. The number of halogens is 1. The van der Waals surface area contributed by atoms with Gasteiger partial charge in [0.2, 0.25) is 11.8 Å². The van der Waals surface area contributed by atoms with E-state index in [0.717, 1.165) is 34.5 Å². The Morgan fingerprint density at radius 2 is 1.94 bits per heavy atom. The minimum Gasteiger partial charge on any atom is -0.328 e. The largest absolute Gasteiger partial charge is 0.328 e. The van der Waals surface area contributed by atoms with Gasteiger partial charge in [-0.25, -0.2) is 4.98 Å². The van der Waals surface area contributed by atoms with Crippen molar-refractivity contribution in [2.24, 2.45) is 5.92 Å². The summed E-state index contributed by atoms with van der Waals surface area (Å²) < 4.78 is 3.19. The molecule has 1 aromatic heterocycles. The van der Waals surface area contributed by atoms with Gasteiger partial charge in [-0.2, -0.15) is 0 Å². The first kappa shape index (κ1) is 20.0. The van der Waals surface area contributed by atoms with Gasteiger partial charge in [-0.1, -0.05) is 22.0 Å². The summed E-state index contributed by atoms with van der Waals surface area (Å²) in [5, 5.41) is 2.91. The second-order valence-corrected chi connectivity index (χ2v) is 8.98. The van der Waals surface area contributed by atoms with E-state index in [0.29, 0.717) is 18.7 Å². The van der Waals surface area contributed by atoms with Crippen molar-refractivity contribution in [3.63, 3.8) is 0 Å². The van der Waals surface area contributed by atoms with E-state index in [9.17, 15) is 9.59 Å². The predicted octanol–water partition coefficient (Wildman–Crippen LogP) is 4.64. The second-order valence-electron chi connectivity index (χ2n) is 8.06. The number of imidazole rings is 1. The molecule has 0 bridgehead atoms. The maximum Gasteiger partial charge on any atom is 0.239 e. The first-order chi connectivity index (χ1) is 15.1. The van der Waals surface area contributed by atoms with Gasteiger partial charge < -0.3 is 14.8 Å². The number of aryl methyl sites for hydroxylation is 1. The summed E-state index contributed by atoms with van der Waals surface area (Å²) in [7, 11) is 0. The standard InChI is InChI=1S/C24H23BrN4O2/c25-17-4-3-6-19(14-17)29-13-11-21(24(29)31)23(30)27-18-9-7-16(8-10-18)22-26-15-20-5-1-2-12-28(20)22/h3-4,6-10,14-15,21H,1-2,5,11-13H2,(H,27,30). The fourth-order valence-corrected chi connectivity index (χ4v) is 4.81. The van der Waals surface area contributed by atoms with Crippen molar-refractivity contribution in [2.75, 3.05) is 16.8 Å². The van der Waals surface area contributed by atoms with Crippen LogP contribution in [-0.4, -0.2) is 27.9 Å². The molecule has 0 aliphatic carbocycles. The van der Waals surface area contributed by atoms with Crippen LogP contribution < -0.4 is 10.2 Å². The Balaban J connectivity index is 1.27. The maximum absolute atomic E-state index is 12.8. The molecule has 31 heavy (non-hydrogen) atoms. The molecule has 3 heterocycles. The van der Waals surface area contributed by atoms with Crippen LogP contribution >= 0.6 is 15.9 Å². The van der Waals surface area contributed by atoms with Crippen molar-refractivity contribution in [3.8, 4) is 11.4 Å². The van der Waals surface area contributed by atoms with Crippen molar-refractivity contribution >= 4 is 39.1 Å². The highest BCUT2D eigenvalue weighted by molar-refractivity contribution is 9.10. The molecule has 0 saturated carbocycles. The number of anilines is 2. The summed E-state index contributed by atoms with van der Waals surface area (Å²) in [4.78, 5) is 31.9. The monoisotopic (exact) mass is 478 g/mol. The number of amides is 2. The molecule has 1 fully saturated rings. The molecule has 1 N–H and O–H groups in total. The Bertz CT molecular complexity index is 1140. The first-order valence-electron chi connectivity index (χ1n) is 10.6. The maximum atomic E-state index is 12.8. The molecule has 1 unspecified atom stereocenters. The summed E-state index contributed by atoms with van der Waals surface area (Å²) in [5.74, 6) is -0.106. The van der Waals surface area contributed by atoms with Crippen LogP contribution in [0.2, 0.25) is 0 Å². The van der Waals surface area contributed by atoms with Gasteiger partial charge in [-0.3, -0.25) is 9.59 Å². The zero-order valence-corrected chi connectivity index (χ0v) is 18.6. The van der Waals surface area contributed by atoms with E-state index >= 15 is 0 Å². The van der Waals surface area contributed by atoms with Crippen LogP contribution in [0.4, 0.5) is 11.4 Å². The Kier molecular flexibility index (Phi) is 5.36. The fourth-order valence-electron chi connectivity index (χ4n) is 4.42. The second kappa shape index (κ2) is 8.30. The third-order valence-electron chi connectivity index (χ3n) is 6.06. The topological polar surface area (TPSA) is 67.2 Å². The lowest BCUT2D eigenvalue weighted by molar-refractivity contribution is -0.129. The molecule has 1 atom stereocenters. The number of rotatable bonds is 4. The number of fused-ring (bicyclic) bond motifs is 1. The number of carbonyl (C=O) groups is 2. The molecule has 3 aromatic rings. The molecule has 2 aromatic carbocycles. The van der Waals surface area contributed by atoms with Gasteiger partial charge in [0.25, 0.3) is 0 Å². The summed E-state index contributed by atoms with van der Waals surface area (Å²) in [6, 6.07) is 15.3. The van der Waals surface area contributed by atoms with E-state index in [4.69, 9.17) is 0 Å². The highest BCUT2D eigenvalue weighted by Gasteiger charge is 2.37. The van der Waals surface area contributed by atoms with Crippen LogP contribution in [0.25, 0.3) is 11.4 Å². The lowest BCUT2D eigenvalue weighted by Crippen LogP contribution is -2.33. The highest BCUT2D eigenvalue weighted by atomic mass is 79.9. The van der Waals surface area contributed by atoms with E-state index in [2.05, 4.69) is 30.8 Å². The Labute approximate surface area is 189 Å². The number of nitrogens with zero attached hydrogens (tertiary/aromatic N) is 3. The lowest BCUT2D eigenvalue weighted by atomic mass is 10.1. The molecular weight excluding hydrogens is 456 g/mol. The molecule has 5 rings (SSSR count). The number of aromatic nitrogens is 2. The van der Waals surface area contributed by atoms with Gasteiger partial charge in [-0.15, -0.1) is 0 Å². The van der Waals surface area contributed by atoms with Crippen molar-refractivity contribution in [2.45, 2.75) is 32.2 Å². The van der Waals surface area contributed by atoms with Crippen LogP contribution in [0.15, 0.2) is 59.2 Å². The SMILES string of the molecule is O=C(Nc1ccc(-c2ncc3n2CCCC3)cc1)C1CCN(c2cccc(Br)c2)C1=O.